The second-order valence-electron chi connectivity index (χ2n) is 4.83. The lowest BCUT2D eigenvalue weighted by molar-refractivity contribution is -0.128. The number of hydrogen-bond donors (Lipinski definition) is 1. The Morgan fingerprint density at radius 1 is 1.24 bits per heavy atom. The van der Waals surface area contributed by atoms with E-state index < -0.39 is 21.6 Å². The van der Waals surface area contributed by atoms with E-state index in [0.717, 1.165) is 25.7 Å². The number of amides is 1. The highest BCUT2D eigenvalue weighted by Gasteiger charge is 2.23. The number of carbonyl (C=O) groups excluding carboxylic acids is 1. The summed E-state index contributed by atoms with van der Waals surface area (Å²) in [4.78, 5) is 13.5. The van der Waals surface area contributed by atoms with Crippen LogP contribution in [-0.4, -0.2) is 49.9 Å². The summed E-state index contributed by atoms with van der Waals surface area (Å²) in [6, 6.07) is -0.420. The van der Waals surface area contributed by atoms with Crippen molar-refractivity contribution in [2.75, 3.05) is 24.6 Å². The molecule has 2 N–H and O–H groups in total. The first-order chi connectivity index (χ1) is 7.91. The van der Waals surface area contributed by atoms with Crippen molar-refractivity contribution in [3.05, 3.63) is 0 Å². The number of hydrogen-bond acceptors (Lipinski definition) is 4. The van der Waals surface area contributed by atoms with Gasteiger partial charge in [-0.1, -0.05) is 12.8 Å². The Morgan fingerprint density at radius 3 is 2.24 bits per heavy atom. The van der Waals surface area contributed by atoms with Gasteiger partial charge in [-0.3, -0.25) is 4.79 Å². The van der Waals surface area contributed by atoms with Crippen molar-refractivity contribution in [3.8, 4) is 0 Å². The van der Waals surface area contributed by atoms with Crippen LogP contribution >= 0.6 is 0 Å². The molecule has 1 unspecified atom stereocenters. The molecule has 0 aromatic rings. The zero-order valence-electron chi connectivity index (χ0n) is 10.4. The summed E-state index contributed by atoms with van der Waals surface area (Å²) in [7, 11) is -3.36. The van der Waals surface area contributed by atoms with E-state index >= 15 is 0 Å². The molecule has 0 bridgehead atoms. The van der Waals surface area contributed by atoms with Crippen LogP contribution in [0.1, 0.15) is 32.6 Å². The molecule has 1 atom stereocenters. The zero-order valence-corrected chi connectivity index (χ0v) is 11.2. The summed E-state index contributed by atoms with van der Waals surface area (Å²) in [5.41, 5.74) is 5.45. The lowest BCUT2D eigenvalue weighted by Crippen LogP contribution is -2.38. The van der Waals surface area contributed by atoms with Gasteiger partial charge in [0.15, 0.2) is 9.84 Å². The van der Waals surface area contributed by atoms with Gasteiger partial charge in [-0.05, 0) is 19.8 Å². The first kappa shape index (κ1) is 14.4. The summed E-state index contributed by atoms with van der Waals surface area (Å²) in [5, 5.41) is 0. The first-order valence-electron chi connectivity index (χ1n) is 6.14. The fraction of sp³-hybridized carbons (Fsp3) is 0.909. The molecule has 6 heteroatoms. The van der Waals surface area contributed by atoms with Crippen molar-refractivity contribution >= 4 is 15.7 Å². The van der Waals surface area contributed by atoms with E-state index in [0.29, 0.717) is 13.1 Å². The maximum Gasteiger partial charge on any atom is 0.237 e. The molecule has 1 fully saturated rings. The van der Waals surface area contributed by atoms with E-state index in [1.54, 1.807) is 11.8 Å². The molecule has 0 aromatic heterocycles. The Balaban J connectivity index is 2.52. The first-order valence-corrected chi connectivity index (χ1v) is 7.96. The second-order valence-corrected chi connectivity index (χ2v) is 6.94. The summed E-state index contributed by atoms with van der Waals surface area (Å²) >= 11 is 0. The Labute approximate surface area is 103 Å². The van der Waals surface area contributed by atoms with Crippen LogP contribution < -0.4 is 5.73 Å². The number of carbonyl (C=O) groups is 1. The average Bonchev–Trinajstić information content (AvgIpc) is 2.41. The minimum atomic E-state index is -3.36. The third-order valence-corrected chi connectivity index (χ3v) is 4.54. The molecule has 1 amide bonds. The Hall–Kier alpha value is -0.620. The van der Waals surface area contributed by atoms with Gasteiger partial charge in [0, 0.05) is 19.1 Å². The number of likely N-dealkylation sites (tertiary alicyclic amines) is 1. The maximum atomic E-state index is 11.9. The fourth-order valence-corrected chi connectivity index (χ4v) is 3.54. The quantitative estimate of drug-likeness (QED) is 0.782. The third-order valence-electron chi connectivity index (χ3n) is 2.82. The maximum absolute atomic E-state index is 11.9. The number of sulfone groups is 1. The fourth-order valence-electron chi connectivity index (χ4n) is 2.06. The van der Waals surface area contributed by atoms with Crippen LogP contribution in [0.15, 0.2) is 0 Å². The van der Waals surface area contributed by atoms with Crippen molar-refractivity contribution in [3.63, 3.8) is 0 Å². The molecule has 5 nitrogen and oxygen atoms in total. The largest absolute Gasteiger partial charge is 0.342 e. The van der Waals surface area contributed by atoms with E-state index in [-0.39, 0.29) is 11.7 Å². The topological polar surface area (TPSA) is 80.5 Å². The highest BCUT2D eigenvalue weighted by Crippen LogP contribution is 2.10. The second kappa shape index (κ2) is 6.35. The zero-order chi connectivity index (χ0) is 12.9. The number of rotatable bonds is 4. The van der Waals surface area contributed by atoms with Crippen molar-refractivity contribution in [1.82, 2.24) is 4.90 Å². The molecular weight excluding hydrogens is 240 g/mol. The smallest absolute Gasteiger partial charge is 0.237 e. The Bertz CT molecular complexity index is 344. The summed E-state index contributed by atoms with van der Waals surface area (Å²) in [5.74, 6) is -0.784. The van der Waals surface area contributed by atoms with Crippen LogP contribution in [0, 0.1) is 0 Å². The van der Waals surface area contributed by atoms with Crippen LogP contribution in [0.5, 0.6) is 0 Å². The SMILES string of the molecule is CC(N)CS(=O)(=O)CC(=O)N1CCCCCC1. The minimum Gasteiger partial charge on any atom is -0.342 e. The molecule has 0 spiro atoms. The molecular formula is C11H22N2O3S. The van der Waals surface area contributed by atoms with E-state index in [1.165, 1.54) is 0 Å². The lowest BCUT2D eigenvalue weighted by atomic mass is 10.2. The highest BCUT2D eigenvalue weighted by atomic mass is 32.2. The van der Waals surface area contributed by atoms with Gasteiger partial charge in [0.2, 0.25) is 5.91 Å². The van der Waals surface area contributed by atoms with E-state index in [1.807, 2.05) is 0 Å². The molecule has 1 heterocycles. The molecule has 0 aromatic carbocycles. The van der Waals surface area contributed by atoms with Crippen LogP contribution in [0.3, 0.4) is 0 Å². The molecule has 1 aliphatic heterocycles. The molecule has 17 heavy (non-hydrogen) atoms. The van der Waals surface area contributed by atoms with Crippen LogP contribution in [0.2, 0.25) is 0 Å². The predicted octanol–water partition coefficient (Wildman–Crippen LogP) is 0.151. The molecule has 0 saturated carbocycles. The summed E-state index contributed by atoms with van der Waals surface area (Å²) in [6.45, 7) is 3.01. The normalized spacial score (nSPS) is 19.8. The molecule has 1 aliphatic rings. The average molecular weight is 262 g/mol. The van der Waals surface area contributed by atoms with Gasteiger partial charge in [-0.15, -0.1) is 0 Å². The minimum absolute atomic E-state index is 0.118. The number of nitrogens with two attached hydrogens (primary N) is 1. The Morgan fingerprint density at radius 2 is 1.76 bits per heavy atom. The molecule has 1 saturated heterocycles. The van der Waals surface area contributed by atoms with Crippen molar-refractivity contribution < 1.29 is 13.2 Å². The van der Waals surface area contributed by atoms with Gasteiger partial charge in [-0.25, -0.2) is 8.42 Å². The van der Waals surface area contributed by atoms with Crippen LogP contribution in [-0.2, 0) is 14.6 Å². The molecule has 1 rings (SSSR count). The van der Waals surface area contributed by atoms with Crippen LogP contribution in [0.4, 0.5) is 0 Å². The van der Waals surface area contributed by atoms with E-state index in [2.05, 4.69) is 0 Å². The van der Waals surface area contributed by atoms with Gasteiger partial charge in [-0.2, -0.15) is 0 Å². The third kappa shape index (κ3) is 5.50. The van der Waals surface area contributed by atoms with Gasteiger partial charge in [0.25, 0.3) is 0 Å². The van der Waals surface area contributed by atoms with Crippen molar-refractivity contribution in [1.29, 1.82) is 0 Å². The highest BCUT2D eigenvalue weighted by molar-refractivity contribution is 7.92. The monoisotopic (exact) mass is 262 g/mol. The molecule has 0 radical (unpaired) electrons. The summed E-state index contributed by atoms with van der Waals surface area (Å²) in [6.07, 6.45) is 4.19. The molecule has 0 aliphatic carbocycles. The van der Waals surface area contributed by atoms with Crippen molar-refractivity contribution in [2.24, 2.45) is 5.73 Å². The van der Waals surface area contributed by atoms with Gasteiger partial charge in [0.05, 0.1) is 5.75 Å². The van der Waals surface area contributed by atoms with E-state index in [9.17, 15) is 13.2 Å². The van der Waals surface area contributed by atoms with Crippen LogP contribution in [0.25, 0.3) is 0 Å². The lowest BCUT2D eigenvalue weighted by Gasteiger charge is -2.20. The standard InChI is InChI=1S/C11H22N2O3S/c1-10(12)8-17(15,16)9-11(14)13-6-4-2-3-5-7-13/h10H,2-9,12H2,1H3. The van der Waals surface area contributed by atoms with Gasteiger partial charge >= 0.3 is 0 Å². The Kier molecular flexibility index (Phi) is 5.39. The summed E-state index contributed by atoms with van der Waals surface area (Å²) < 4.78 is 23.3. The van der Waals surface area contributed by atoms with Gasteiger partial charge < -0.3 is 10.6 Å². The van der Waals surface area contributed by atoms with E-state index in [4.69, 9.17) is 5.73 Å². The van der Waals surface area contributed by atoms with Crippen molar-refractivity contribution in [2.45, 2.75) is 38.6 Å². The van der Waals surface area contributed by atoms with Gasteiger partial charge in [0.1, 0.15) is 5.75 Å². The predicted molar refractivity (Wildman–Crippen MR) is 67.4 cm³/mol. The molecule has 100 valence electrons. The number of nitrogens with zero attached hydrogens (tertiary/aromatic N) is 1.